The first kappa shape index (κ1) is 22.4. The highest BCUT2D eigenvalue weighted by Gasteiger charge is 2.22. The van der Waals surface area contributed by atoms with Gasteiger partial charge in [-0.3, -0.25) is 4.98 Å². The molecule has 0 amide bonds. The fraction of sp³-hybridized carbons (Fsp3) is 0.261. The molecule has 32 heavy (non-hydrogen) atoms. The van der Waals surface area contributed by atoms with Crippen LogP contribution in [-0.4, -0.2) is 45.6 Å². The third kappa shape index (κ3) is 4.28. The van der Waals surface area contributed by atoms with Crippen molar-refractivity contribution in [2.75, 3.05) is 13.1 Å². The number of nitrogens with zero attached hydrogens (tertiary/aromatic N) is 5. The number of benzene rings is 2. The van der Waals surface area contributed by atoms with Crippen molar-refractivity contribution < 1.29 is 8.42 Å². The van der Waals surface area contributed by atoms with Gasteiger partial charge in [-0.15, -0.1) is 10.2 Å². The Morgan fingerprint density at radius 3 is 2.53 bits per heavy atom. The number of rotatable bonds is 8. The second-order valence-corrected chi connectivity index (χ2v) is 10.1. The molecule has 0 fully saturated rings. The van der Waals surface area contributed by atoms with E-state index in [1.807, 2.05) is 43.7 Å². The molecular formula is C23H25N5O2S2. The average molecular weight is 468 g/mol. The summed E-state index contributed by atoms with van der Waals surface area (Å²) in [5.41, 5.74) is 2.83. The van der Waals surface area contributed by atoms with Crippen LogP contribution in [0.4, 0.5) is 0 Å². The maximum absolute atomic E-state index is 12.9. The number of sulfonamides is 1. The molecule has 0 saturated carbocycles. The molecule has 0 bridgehead atoms. The van der Waals surface area contributed by atoms with E-state index in [-0.39, 0.29) is 4.90 Å². The first-order chi connectivity index (χ1) is 15.5. The van der Waals surface area contributed by atoms with Crippen molar-refractivity contribution in [2.24, 2.45) is 7.05 Å². The summed E-state index contributed by atoms with van der Waals surface area (Å²) in [5.74, 6) is 1.33. The molecular weight excluding hydrogens is 442 g/mol. The lowest BCUT2D eigenvalue weighted by atomic mass is 10.1. The average Bonchev–Trinajstić information content (AvgIpc) is 3.18. The third-order valence-corrected chi connectivity index (χ3v) is 8.46. The van der Waals surface area contributed by atoms with Crippen LogP contribution in [0, 0.1) is 0 Å². The number of hydrogen-bond donors (Lipinski definition) is 0. The Balaban J connectivity index is 1.60. The van der Waals surface area contributed by atoms with Gasteiger partial charge in [0.15, 0.2) is 11.0 Å². The van der Waals surface area contributed by atoms with E-state index in [0.29, 0.717) is 30.2 Å². The van der Waals surface area contributed by atoms with Crippen LogP contribution in [-0.2, 0) is 22.8 Å². The minimum absolute atomic E-state index is 0.262. The highest BCUT2D eigenvalue weighted by Crippen LogP contribution is 2.29. The van der Waals surface area contributed by atoms with E-state index in [4.69, 9.17) is 0 Å². The van der Waals surface area contributed by atoms with E-state index in [9.17, 15) is 8.42 Å². The Hall–Kier alpha value is -2.75. The van der Waals surface area contributed by atoms with Crippen LogP contribution in [0.3, 0.4) is 0 Å². The maximum atomic E-state index is 12.9. The summed E-state index contributed by atoms with van der Waals surface area (Å²) in [5, 5.41) is 10.5. The zero-order valence-electron chi connectivity index (χ0n) is 18.3. The monoisotopic (exact) mass is 467 g/mol. The van der Waals surface area contributed by atoms with E-state index in [1.54, 1.807) is 36.2 Å². The van der Waals surface area contributed by atoms with Crippen molar-refractivity contribution in [3.8, 4) is 11.4 Å². The third-order valence-electron chi connectivity index (χ3n) is 5.34. The summed E-state index contributed by atoms with van der Waals surface area (Å²) in [4.78, 5) is 4.77. The summed E-state index contributed by atoms with van der Waals surface area (Å²) in [6.45, 7) is 4.53. The number of fused-ring (bicyclic) bond motifs is 1. The molecule has 0 radical (unpaired) electrons. The van der Waals surface area contributed by atoms with Gasteiger partial charge >= 0.3 is 0 Å². The lowest BCUT2D eigenvalue weighted by Crippen LogP contribution is -2.30. The molecule has 7 nitrogen and oxygen atoms in total. The summed E-state index contributed by atoms with van der Waals surface area (Å²) in [6, 6.07) is 17.0. The fourth-order valence-corrected chi connectivity index (χ4v) is 6.03. The van der Waals surface area contributed by atoms with Crippen molar-refractivity contribution in [2.45, 2.75) is 29.7 Å². The predicted octanol–water partition coefficient (Wildman–Crippen LogP) is 4.35. The van der Waals surface area contributed by atoms with Crippen molar-refractivity contribution in [1.29, 1.82) is 0 Å². The van der Waals surface area contributed by atoms with Gasteiger partial charge in [0.25, 0.3) is 0 Å². The van der Waals surface area contributed by atoms with Gasteiger partial charge in [0.05, 0.1) is 10.4 Å². The Morgan fingerprint density at radius 1 is 1.00 bits per heavy atom. The molecule has 0 aliphatic carbocycles. The largest absolute Gasteiger partial charge is 0.305 e. The van der Waals surface area contributed by atoms with E-state index in [2.05, 4.69) is 33.4 Å². The maximum Gasteiger partial charge on any atom is 0.243 e. The number of hydrogen-bond acceptors (Lipinski definition) is 6. The van der Waals surface area contributed by atoms with Crippen LogP contribution >= 0.6 is 11.8 Å². The highest BCUT2D eigenvalue weighted by atomic mass is 32.2. The second kappa shape index (κ2) is 9.40. The Morgan fingerprint density at radius 2 is 1.75 bits per heavy atom. The minimum Gasteiger partial charge on any atom is -0.305 e. The summed E-state index contributed by atoms with van der Waals surface area (Å²) < 4.78 is 29.2. The van der Waals surface area contributed by atoms with Crippen molar-refractivity contribution in [3.63, 3.8) is 0 Å². The quantitative estimate of drug-likeness (QED) is 0.358. The molecule has 2 aromatic heterocycles. The van der Waals surface area contributed by atoms with Crippen LogP contribution in [0.25, 0.3) is 22.3 Å². The second-order valence-electron chi connectivity index (χ2n) is 7.26. The first-order valence-electron chi connectivity index (χ1n) is 10.4. The minimum atomic E-state index is -3.54. The Bertz CT molecular complexity index is 1340. The molecule has 2 heterocycles. The molecule has 0 N–H and O–H groups in total. The lowest BCUT2D eigenvalue weighted by molar-refractivity contribution is 0.445. The number of para-hydroxylation sites is 1. The van der Waals surface area contributed by atoms with E-state index in [1.165, 1.54) is 4.31 Å². The molecule has 0 aliphatic rings. The zero-order valence-corrected chi connectivity index (χ0v) is 19.9. The smallest absolute Gasteiger partial charge is 0.243 e. The number of aromatic nitrogens is 4. The van der Waals surface area contributed by atoms with Gasteiger partial charge in [0, 0.05) is 43.0 Å². The summed E-state index contributed by atoms with van der Waals surface area (Å²) in [6.07, 6.45) is 1.80. The summed E-state index contributed by atoms with van der Waals surface area (Å²) >= 11 is 1.58. The Labute approximate surface area is 192 Å². The zero-order chi connectivity index (χ0) is 22.7. The standard InChI is InChI=1S/C23H25N5O2S2/c1-4-28(5-2)32(29,30)20-13-7-10-18(15-20)22-25-26-23(27(22)3)31-16-19-11-6-9-17-12-8-14-24-21(17)19/h6-15H,4-5,16H2,1-3H3. The molecule has 4 aromatic rings. The molecule has 0 spiro atoms. The topological polar surface area (TPSA) is 81.0 Å². The molecule has 0 saturated heterocycles. The van der Waals surface area contributed by atoms with Crippen molar-refractivity contribution >= 4 is 32.7 Å². The fourth-order valence-electron chi connectivity index (χ4n) is 3.63. The van der Waals surface area contributed by atoms with Crippen molar-refractivity contribution in [1.82, 2.24) is 24.1 Å². The van der Waals surface area contributed by atoms with Crippen LogP contribution < -0.4 is 0 Å². The molecule has 0 aliphatic heterocycles. The normalized spacial score (nSPS) is 12.0. The van der Waals surface area contributed by atoms with Crippen LogP contribution in [0.1, 0.15) is 19.4 Å². The highest BCUT2D eigenvalue weighted by molar-refractivity contribution is 7.98. The SMILES string of the molecule is CCN(CC)S(=O)(=O)c1cccc(-c2nnc(SCc3cccc4cccnc34)n2C)c1. The van der Waals surface area contributed by atoms with E-state index < -0.39 is 10.0 Å². The molecule has 166 valence electrons. The van der Waals surface area contributed by atoms with Crippen molar-refractivity contribution in [3.05, 3.63) is 66.4 Å². The van der Waals surface area contributed by atoms with Gasteiger partial charge in [0.1, 0.15) is 0 Å². The molecule has 9 heteroatoms. The van der Waals surface area contributed by atoms with E-state index >= 15 is 0 Å². The van der Waals surface area contributed by atoms with Gasteiger partial charge < -0.3 is 4.57 Å². The van der Waals surface area contributed by atoms with Gasteiger partial charge in [-0.05, 0) is 23.8 Å². The predicted molar refractivity (Wildman–Crippen MR) is 128 cm³/mol. The number of thioether (sulfide) groups is 1. The van der Waals surface area contributed by atoms with Gasteiger partial charge in [-0.2, -0.15) is 4.31 Å². The summed E-state index contributed by atoms with van der Waals surface area (Å²) in [7, 11) is -1.65. The van der Waals surface area contributed by atoms with Crippen LogP contribution in [0.15, 0.2) is 70.8 Å². The number of pyridine rings is 1. The first-order valence-corrected chi connectivity index (χ1v) is 12.8. The molecule has 2 aromatic carbocycles. The van der Waals surface area contributed by atoms with E-state index in [0.717, 1.165) is 21.6 Å². The Kier molecular flexibility index (Phi) is 6.59. The molecule has 0 unspecified atom stereocenters. The van der Waals surface area contributed by atoms with Crippen LogP contribution in [0.5, 0.6) is 0 Å². The molecule has 4 rings (SSSR count). The lowest BCUT2D eigenvalue weighted by Gasteiger charge is -2.18. The molecule has 0 atom stereocenters. The van der Waals surface area contributed by atoms with Gasteiger partial charge in [-0.25, -0.2) is 8.42 Å². The van der Waals surface area contributed by atoms with Crippen LogP contribution in [0.2, 0.25) is 0 Å². The van der Waals surface area contributed by atoms with Gasteiger partial charge in [-0.1, -0.05) is 62.0 Å². The van der Waals surface area contributed by atoms with Gasteiger partial charge in [0.2, 0.25) is 10.0 Å².